The Balaban J connectivity index is 1.69. The van der Waals surface area contributed by atoms with Crippen LogP contribution in [-0.2, 0) is 6.54 Å². The summed E-state index contributed by atoms with van der Waals surface area (Å²) in [6, 6.07) is 16.4. The lowest BCUT2D eigenvalue weighted by Crippen LogP contribution is -2.05. The monoisotopic (exact) mass is 305 g/mol. The summed E-state index contributed by atoms with van der Waals surface area (Å²) in [4.78, 5) is 4.45. The normalized spacial score (nSPS) is 10.3. The van der Waals surface area contributed by atoms with Crippen molar-refractivity contribution in [2.24, 2.45) is 0 Å². The number of nitrogens with zero attached hydrogens (tertiary/aromatic N) is 3. The highest BCUT2D eigenvalue weighted by molar-refractivity contribution is 5.56. The van der Waals surface area contributed by atoms with Crippen LogP contribution in [0.2, 0.25) is 0 Å². The van der Waals surface area contributed by atoms with Gasteiger partial charge in [-0.3, -0.25) is 0 Å². The van der Waals surface area contributed by atoms with Gasteiger partial charge in [-0.05, 0) is 42.7 Å². The molecule has 0 aliphatic rings. The smallest absolute Gasteiger partial charge is 0.249 e. The van der Waals surface area contributed by atoms with Gasteiger partial charge < -0.3 is 10.6 Å². The van der Waals surface area contributed by atoms with Gasteiger partial charge in [0, 0.05) is 12.2 Å². The molecule has 0 aliphatic carbocycles. The molecule has 0 radical (unpaired) electrons. The molecule has 3 rings (SSSR count). The molecule has 2 aromatic carbocycles. The van der Waals surface area contributed by atoms with Gasteiger partial charge >= 0.3 is 0 Å². The molecule has 2 N–H and O–H groups in total. The lowest BCUT2D eigenvalue weighted by Gasteiger charge is -2.09. The zero-order valence-electron chi connectivity index (χ0n) is 13.2. The topological polar surface area (TPSA) is 62.7 Å². The van der Waals surface area contributed by atoms with Gasteiger partial charge in [-0.25, -0.2) is 0 Å². The summed E-state index contributed by atoms with van der Waals surface area (Å²) in [5.41, 5.74) is 4.54. The van der Waals surface area contributed by atoms with Gasteiger partial charge in [-0.1, -0.05) is 36.4 Å². The fourth-order valence-electron chi connectivity index (χ4n) is 2.41. The van der Waals surface area contributed by atoms with Gasteiger partial charge in [-0.2, -0.15) is 10.1 Å². The predicted molar refractivity (Wildman–Crippen MR) is 92.8 cm³/mol. The van der Waals surface area contributed by atoms with Crippen molar-refractivity contribution < 1.29 is 0 Å². The van der Waals surface area contributed by atoms with Gasteiger partial charge in [0.05, 0.1) is 6.20 Å². The Morgan fingerprint density at radius 3 is 2.43 bits per heavy atom. The molecular weight excluding hydrogens is 286 g/mol. The average molecular weight is 305 g/mol. The number of aromatic nitrogens is 3. The van der Waals surface area contributed by atoms with Crippen molar-refractivity contribution in [1.29, 1.82) is 0 Å². The predicted octanol–water partition coefficient (Wildman–Crippen LogP) is 3.84. The Labute approximate surface area is 135 Å². The maximum atomic E-state index is 4.45. The highest BCUT2D eigenvalue weighted by atomic mass is 15.3. The van der Waals surface area contributed by atoms with Gasteiger partial charge in [0.1, 0.15) is 0 Å². The van der Waals surface area contributed by atoms with E-state index in [2.05, 4.69) is 70.0 Å². The standard InChI is InChI=1S/C18H19N5/c1-13-8-14(2)10-16(9-13)21-18-22-17(12-20-23-18)19-11-15-6-4-3-5-7-15/h3-10,12H,11H2,1-2H3,(H2,19,21,22,23). The van der Waals surface area contributed by atoms with Crippen molar-refractivity contribution >= 4 is 17.5 Å². The van der Waals surface area contributed by atoms with E-state index in [1.54, 1.807) is 6.20 Å². The molecule has 5 heteroatoms. The van der Waals surface area contributed by atoms with Crippen LogP contribution in [0.25, 0.3) is 0 Å². The molecule has 0 spiro atoms. The van der Waals surface area contributed by atoms with Crippen LogP contribution in [0.15, 0.2) is 54.7 Å². The van der Waals surface area contributed by atoms with Crippen molar-refractivity contribution in [3.63, 3.8) is 0 Å². The van der Waals surface area contributed by atoms with Crippen LogP contribution in [0.4, 0.5) is 17.5 Å². The third kappa shape index (κ3) is 4.26. The molecule has 3 aromatic rings. The third-order valence-corrected chi connectivity index (χ3v) is 3.35. The van der Waals surface area contributed by atoms with Crippen LogP contribution in [-0.4, -0.2) is 15.2 Å². The fraction of sp³-hybridized carbons (Fsp3) is 0.167. The minimum atomic E-state index is 0.480. The molecule has 0 atom stereocenters. The summed E-state index contributed by atoms with van der Waals surface area (Å²) >= 11 is 0. The number of nitrogens with one attached hydrogen (secondary N) is 2. The molecule has 0 unspecified atom stereocenters. The minimum absolute atomic E-state index is 0.480. The van der Waals surface area contributed by atoms with Crippen molar-refractivity contribution in [3.8, 4) is 0 Å². The molecule has 0 saturated carbocycles. The Morgan fingerprint density at radius 1 is 0.957 bits per heavy atom. The van der Waals surface area contributed by atoms with Crippen molar-refractivity contribution in [1.82, 2.24) is 15.2 Å². The molecule has 0 saturated heterocycles. The number of aryl methyl sites for hydroxylation is 2. The maximum Gasteiger partial charge on any atom is 0.249 e. The van der Waals surface area contributed by atoms with Crippen LogP contribution in [0, 0.1) is 13.8 Å². The lowest BCUT2D eigenvalue weighted by atomic mass is 10.1. The number of hydrogen-bond donors (Lipinski definition) is 2. The first-order valence-corrected chi connectivity index (χ1v) is 7.52. The fourth-order valence-corrected chi connectivity index (χ4v) is 2.41. The number of hydrogen-bond acceptors (Lipinski definition) is 5. The summed E-state index contributed by atoms with van der Waals surface area (Å²) in [7, 11) is 0. The van der Waals surface area contributed by atoms with E-state index < -0.39 is 0 Å². The number of benzene rings is 2. The van der Waals surface area contributed by atoms with E-state index in [4.69, 9.17) is 0 Å². The molecule has 1 heterocycles. The van der Waals surface area contributed by atoms with Gasteiger partial charge in [-0.15, -0.1) is 5.10 Å². The first-order valence-electron chi connectivity index (χ1n) is 7.52. The molecule has 1 aromatic heterocycles. The minimum Gasteiger partial charge on any atom is -0.365 e. The molecule has 0 aliphatic heterocycles. The van der Waals surface area contributed by atoms with E-state index in [0.717, 1.165) is 5.69 Å². The molecule has 0 bridgehead atoms. The second-order valence-corrected chi connectivity index (χ2v) is 5.51. The van der Waals surface area contributed by atoms with E-state index in [0.29, 0.717) is 18.3 Å². The van der Waals surface area contributed by atoms with Crippen molar-refractivity contribution in [2.75, 3.05) is 10.6 Å². The second-order valence-electron chi connectivity index (χ2n) is 5.51. The van der Waals surface area contributed by atoms with Gasteiger partial charge in [0.15, 0.2) is 5.82 Å². The Morgan fingerprint density at radius 2 is 1.70 bits per heavy atom. The highest BCUT2D eigenvalue weighted by Crippen LogP contribution is 2.17. The lowest BCUT2D eigenvalue weighted by molar-refractivity contribution is 0.965. The van der Waals surface area contributed by atoms with E-state index >= 15 is 0 Å². The highest BCUT2D eigenvalue weighted by Gasteiger charge is 2.02. The van der Waals surface area contributed by atoms with E-state index in [1.807, 2.05) is 18.2 Å². The van der Waals surface area contributed by atoms with E-state index in [1.165, 1.54) is 16.7 Å². The van der Waals surface area contributed by atoms with Crippen LogP contribution < -0.4 is 10.6 Å². The van der Waals surface area contributed by atoms with Crippen LogP contribution in [0.3, 0.4) is 0 Å². The zero-order valence-corrected chi connectivity index (χ0v) is 13.2. The van der Waals surface area contributed by atoms with Crippen molar-refractivity contribution in [3.05, 3.63) is 71.4 Å². The van der Waals surface area contributed by atoms with E-state index in [9.17, 15) is 0 Å². The van der Waals surface area contributed by atoms with E-state index in [-0.39, 0.29) is 0 Å². The van der Waals surface area contributed by atoms with Crippen LogP contribution in [0.1, 0.15) is 16.7 Å². The summed E-state index contributed by atoms with van der Waals surface area (Å²) in [6.45, 7) is 4.83. The van der Waals surface area contributed by atoms with Crippen molar-refractivity contribution in [2.45, 2.75) is 20.4 Å². The Bertz CT molecular complexity index is 766. The molecule has 23 heavy (non-hydrogen) atoms. The molecule has 5 nitrogen and oxygen atoms in total. The summed E-state index contributed by atoms with van der Waals surface area (Å²) in [6.07, 6.45) is 1.62. The molecule has 0 amide bonds. The first-order chi connectivity index (χ1) is 11.2. The Kier molecular flexibility index (Phi) is 4.47. The maximum absolute atomic E-state index is 4.45. The van der Waals surface area contributed by atoms with Crippen LogP contribution >= 0.6 is 0 Å². The second kappa shape index (κ2) is 6.87. The quantitative estimate of drug-likeness (QED) is 0.750. The largest absolute Gasteiger partial charge is 0.365 e. The molecular formula is C18H19N5. The molecule has 116 valence electrons. The average Bonchev–Trinajstić information content (AvgIpc) is 2.53. The van der Waals surface area contributed by atoms with Gasteiger partial charge in [0.25, 0.3) is 0 Å². The molecule has 0 fully saturated rings. The summed E-state index contributed by atoms with van der Waals surface area (Å²) in [5, 5.41) is 14.5. The number of rotatable bonds is 5. The first kappa shape index (κ1) is 15.0. The third-order valence-electron chi connectivity index (χ3n) is 3.35. The number of anilines is 3. The Hall–Kier alpha value is -2.95. The van der Waals surface area contributed by atoms with Gasteiger partial charge in [0.2, 0.25) is 5.95 Å². The zero-order chi connectivity index (χ0) is 16.1. The summed E-state index contributed by atoms with van der Waals surface area (Å²) < 4.78 is 0. The summed E-state index contributed by atoms with van der Waals surface area (Å²) in [5.74, 6) is 1.17. The SMILES string of the molecule is Cc1cc(C)cc(Nc2nncc(NCc3ccccc3)n2)c1. The van der Waals surface area contributed by atoms with Crippen LogP contribution in [0.5, 0.6) is 0 Å².